The van der Waals surface area contributed by atoms with Crippen molar-refractivity contribution in [3.63, 3.8) is 0 Å². The molecule has 0 aliphatic carbocycles. The Hall–Kier alpha value is 1.08. The van der Waals surface area contributed by atoms with E-state index in [0.717, 1.165) is 0 Å². The first-order chi connectivity index (χ1) is 6.81. The van der Waals surface area contributed by atoms with Crippen molar-refractivity contribution in [2.24, 2.45) is 0 Å². The second-order valence-electron chi connectivity index (χ2n) is 2.51. The molecule has 0 aliphatic heterocycles. The summed E-state index contributed by atoms with van der Waals surface area (Å²) in [4.78, 5) is 0. The molecule has 3 N–H and O–H groups in total. The van der Waals surface area contributed by atoms with E-state index in [0.29, 0.717) is 0 Å². The Morgan fingerprint density at radius 1 is 0.625 bits per heavy atom. The van der Waals surface area contributed by atoms with Gasteiger partial charge in [-0.05, 0) is 20.8 Å². The van der Waals surface area contributed by atoms with Crippen LogP contribution in [0.2, 0.25) is 0 Å². The Bertz CT molecular complexity index is 81.0. The smallest absolute Gasteiger partial charge is 0.151 e. The van der Waals surface area contributed by atoms with Gasteiger partial charge < -0.3 is 29.5 Å². The second kappa shape index (κ2) is 21.4. The zero-order valence-electron chi connectivity index (χ0n) is 10.7. The molecule has 0 aromatic rings. The maximum Gasteiger partial charge on any atom is 0.151 e. The number of hydrogen-bond donors (Lipinski definition) is 3. The fraction of sp³-hybridized carbons (Fsp3) is 1.00. The summed E-state index contributed by atoms with van der Waals surface area (Å²) in [6.45, 7) is 4.67. The van der Waals surface area contributed by atoms with Crippen molar-refractivity contribution in [1.29, 1.82) is 0 Å². The van der Waals surface area contributed by atoms with E-state index in [4.69, 9.17) is 15.3 Å². The standard InChI is InChI=1S/3C3H8O2.Gd/c3*1-3(4)5-2;/h3*3-4H,1-2H3;. The minimum atomic E-state index is -0.616. The minimum absolute atomic E-state index is 0. The Morgan fingerprint density at radius 3 is 0.688 bits per heavy atom. The molecule has 0 rings (SSSR count). The molecule has 0 aromatic heterocycles. The number of aliphatic hydroxyl groups excluding tert-OH is 3. The molecule has 16 heavy (non-hydrogen) atoms. The molecule has 0 heterocycles. The maximum atomic E-state index is 8.14. The van der Waals surface area contributed by atoms with Gasteiger partial charge in [-0.1, -0.05) is 0 Å². The third-order valence-corrected chi connectivity index (χ3v) is 1.02. The van der Waals surface area contributed by atoms with Crippen molar-refractivity contribution in [1.82, 2.24) is 0 Å². The van der Waals surface area contributed by atoms with Gasteiger partial charge in [-0.3, -0.25) is 0 Å². The van der Waals surface area contributed by atoms with Crippen LogP contribution in [0.25, 0.3) is 0 Å². The number of hydrogen-bond acceptors (Lipinski definition) is 6. The van der Waals surface area contributed by atoms with Gasteiger partial charge >= 0.3 is 0 Å². The van der Waals surface area contributed by atoms with Gasteiger partial charge in [0.25, 0.3) is 0 Å². The van der Waals surface area contributed by atoms with E-state index in [-0.39, 0.29) is 39.9 Å². The predicted octanol–water partition coefficient (Wildman–Crippen LogP) is -0.0867. The molecule has 3 unspecified atom stereocenters. The molecular weight excluding hydrogens is 361 g/mol. The molecule has 0 aromatic carbocycles. The summed E-state index contributed by atoms with van der Waals surface area (Å²) in [7, 11) is 4.35. The Morgan fingerprint density at radius 2 is 0.688 bits per heavy atom. The van der Waals surface area contributed by atoms with Gasteiger partial charge in [0.1, 0.15) is 0 Å². The quantitative estimate of drug-likeness (QED) is 0.589. The van der Waals surface area contributed by atoms with Gasteiger partial charge in [-0.25, -0.2) is 0 Å². The fourth-order valence-corrected chi connectivity index (χ4v) is 0. The Kier molecular flexibility index (Phi) is 34.5. The van der Waals surface area contributed by atoms with Crippen LogP contribution in [0.15, 0.2) is 0 Å². The van der Waals surface area contributed by atoms with Gasteiger partial charge in [0.2, 0.25) is 0 Å². The van der Waals surface area contributed by atoms with E-state index < -0.39 is 18.9 Å². The van der Waals surface area contributed by atoms with Crippen molar-refractivity contribution < 1.29 is 69.5 Å². The molecule has 0 saturated heterocycles. The molecule has 0 bridgehead atoms. The van der Waals surface area contributed by atoms with Crippen molar-refractivity contribution in [3.05, 3.63) is 0 Å². The summed E-state index contributed by atoms with van der Waals surface area (Å²) in [5, 5.41) is 24.4. The summed E-state index contributed by atoms with van der Waals surface area (Å²) in [5.74, 6) is 0. The number of aliphatic hydroxyl groups is 3. The normalized spacial score (nSPS) is 14.1. The summed E-state index contributed by atoms with van der Waals surface area (Å²) in [6, 6.07) is 0. The van der Waals surface area contributed by atoms with Crippen LogP contribution in [0.3, 0.4) is 0 Å². The van der Waals surface area contributed by atoms with Crippen LogP contribution < -0.4 is 0 Å². The molecule has 0 saturated carbocycles. The fourth-order valence-electron chi connectivity index (χ4n) is 0. The molecule has 6 nitrogen and oxygen atoms in total. The number of rotatable bonds is 3. The molecule has 0 fully saturated rings. The summed E-state index contributed by atoms with van der Waals surface area (Å²) in [6.07, 6.45) is -1.85. The van der Waals surface area contributed by atoms with E-state index in [1.54, 1.807) is 20.8 Å². The Balaban J connectivity index is -0.0000000655. The summed E-state index contributed by atoms with van der Waals surface area (Å²) >= 11 is 0. The van der Waals surface area contributed by atoms with E-state index in [1.165, 1.54) is 21.3 Å². The second-order valence-corrected chi connectivity index (χ2v) is 2.51. The average molecular weight is 386 g/mol. The van der Waals surface area contributed by atoms with Crippen molar-refractivity contribution >= 4 is 0 Å². The number of ether oxygens (including phenoxy) is 3. The van der Waals surface area contributed by atoms with E-state index in [2.05, 4.69) is 14.2 Å². The average Bonchev–Trinajstić information content (AvgIpc) is 2.19. The van der Waals surface area contributed by atoms with Crippen LogP contribution in [-0.2, 0) is 14.2 Å². The Labute approximate surface area is 130 Å². The van der Waals surface area contributed by atoms with Crippen LogP contribution >= 0.6 is 0 Å². The zero-order valence-corrected chi connectivity index (χ0v) is 12.9. The molecule has 3 atom stereocenters. The first kappa shape index (κ1) is 25.8. The van der Waals surface area contributed by atoms with Crippen LogP contribution in [0.5, 0.6) is 0 Å². The summed E-state index contributed by atoms with van der Waals surface area (Å²) < 4.78 is 12.9. The molecule has 0 spiro atoms. The predicted molar refractivity (Wildman–Crippen MR) is 56.1 cm³/mol. The first-order valence-electron chi connectivity index (χ1n) is 4.44. The first-order valence-corrected chi connectivity index (χ1v) is 4.44. The topological polar surface area (TPSA) is 88.4 Å². The van der Waals surface area contributed by atoms with Crippen molar-refractivity contribution in [2.45, 2.75) is 39.6 Å². The molecule has 0 aliphatic rings. The van der Waals surface area contributed by atoms with E-state index >= 15 is 0 Å². The van der Waals surface area contributed by atoms with Crippen molar-refractivity contribution in [2.75, 3.05) is 21.3 Å². The van der Waals surface area contributed by atoms with E-state index in [9.17, 15) is 0 Å². The van der Waals surface area contributed by atoms with Gasteiger partial charge in [0.15, 0.2) is 18.9 Å². The maximum absolute atomic E-state index is 8.14. The van der Waals surface area contributed by atoms with E-state index in [1.807, 2.05) is 0 Å². The zero-order chi connectivity index (χ0) is 12.9. The van der Waals surface area contributed by atoms with Gasteiger partial charge in [0, 0.05) is 61.3 Å². The number of methoxy groups -OCH3 is 3. The van der Waals surface area contributed by atoms with Crippen LogP contribution in [0.1, 0.15) is 20.8 Å². The van der Waals surface area contributed by atoms with Crippen LogP contribution in [0, 0.1) is 39.9 Å². The molecule has 0 radical (unpaired) electrons. The van der Waals surface area contributed by atoms with Gasteiger partial charge in [0.05, 0.1) is 0 Å². The SMILES string of the molecule is COC(C)O.COC(C)O.COC(C)O.[Gd]. The van der Waals surface area contributed by atoms with Crippen LogP contribution in [-0.4, -0.2) is 55.5 Å². The molecule has 7 heteroatoms. The monoisotopic (exact) mass is 386 g/mol. The molecule has 0 amide bonds. The van der Waals surface area contributed by atoms with Gasteiger partial charge in [-0.15, -0.1) is 0 Å². The van der Waals surface area contributed by atoms with Crippen molar-refractivity contribution in [3.8, 4) is 0 Å². The third-order valence-electron chi connectivity index (χ3n) is 1.02. The molecular formula is C9H24GdO6. The van der Waals surface area contributed by atoms with Crippen LogP contribution in [0.4, 0.5) is 0 Å². The minimum Gasteiger partial charge on any atom is -0.368 e. The summed E-state index contributed by atoms with van der Waals surface area (Å²) in [5.41, 5.74) is 0. The molecule has 104 valence electrons. The largest absolute Gasteiger partial charge is 0.368 e. The third kappa shape index (κ3) is 59.6. The van der Waals surface area contributed by atoms with Gasteiger partial charge in [-0.2, -0.15) is 0 Å².